The Bertz CT molecular complexity index is 1140. The molecule has 1 aromatic heterocycles. The maximum Gasteiger partial charge on any atom is 0.264 e. The van der Waals surface area contributed by atoms with E-state index in [0.717, 1.165) is 23.9 Å². The normalized spacial score (nSPS) is 16.8. The van der Waals surface area contributed by atoms with Gasteiger partial charge in [-0.1, -0.05) is 23.7 Å². The van der Waals surface area contributed by atoms with Gasteiger partial charge in [0.1, 0.15) is 23.2 Å². The number of furan rings is 1. The number of amides is 1. The molecular weight excluding hydrogens is 406 g/mol. The first-order valence-electron chi connectivity index (χ1n) is 8.09. The first-order valence-corrected chi connectivity index (χ1v) is 9.28. The van der Waals surface area contributed by atoms with Crippen LogP contribution in [0.15, 0.2) is 68.9 Å². The van der Waals surface area contributed by atoms with Crippen molar-refractivity contribution in [2.45, 2.75) is 0 Å². The molecule has 28 heavy (non-hydrogen) atoms. The van der Waals surface area contributed by atoms with E-state index < -0.39 is 11.6 Å². The van der Waals surface area contributed by atoms with Crippen molar-refractivity contribution >= 4 is 46.2 Å². The van der Waals surface area contributed by atoms with Crippen LogP contribution in [0.25, 0.3) is 17.4 Å². The van der Waals surface area contributed by atoms with Crippen LogP contribution in [0.1, 0.15) is 5.76 Å². The average molecular weight is 417 g/mol. The quantitative estimate of drug-likeness (QED) is 0.551. The highest BCUT2D eigenvalue weighted by atomic mass is 35.5. The van der Waals surface area contributed by atoms with Gasteiger partial charge in [-0.3, -0.25) is 4.79 Å². The molecule has 140 valence electrons. The van der Waals surface area contributed by atoms with Crippen LogP contribution in [-0.2, 0) is 4.79 Å². The third-order valence-electron chi connectivity index (χ3n) is 3.82. The molecule has 8 heteroatoms. The monoisotopic (exact) mass is 416 g/mol. The van der Waals surface area contributed by atoms with Crippen LogP contribution in [-0.4, -0.2) is 11.1 Å². The summed E-state index contributed by atoms with van der Waals surface area (Å²) in [6.45, 7) is 0. The number of amidine groups is 1. The molecule has 1 amide bonds. The van der Waals surface area contributed by atoms with Gasteiger partial charge in [0.2, 0.25) is 0 Å². The zero-order valence-electron chi connectivity index (χ0n) is 14.1. The Kier molecular flexibility index (Phi) is 5.02. The zero-order chi connectivity index (χ0) is 19.7. The van der Waals surface area contributed by atoms with Gasteiger partial charge in [0.25, 0.3) is 5.91 Å². The lowest BCUT2D eigenvalue weighted by atomic mass is 10.1. The van der Waals surface area contributed by atoms with Gasteiger partial charge < -0.3 is 9.73 Å². The van der Waals surface area contributed by atoms with Crippen LogP contribution in [0, 0.1) is 11.6 Å². The summed E-state index contributed by atoms with van der Waals surface area (Å²) in [5.41, 5.74) is 0.677. The standard InChI is InChI=1S/C20H11ClF2N2O2S/c21-14-3-1-2-4-16(14)24-20-25-19(26)18(28-20)10-12-6-8-17(27-12)13-7-5-11(22)9-15(13)23/h1-10H,(H,24,25,26)/b18-10-. The highest BCUT2D eigenvalue weighted by Crippen LogP contribution is 2.32. The molecule has 1 aliphatic rings. The molecule has 0 atom stereocenters. The molecule has 4 rings (SSSR count). The fourth-order valence-corrected chi connectivity index (χ4v) is 3.52. The van der Waals surface area contributed by atoms with Crippen molar-refractivity contribution < 1.29 is 18.0 Å². The number of aliphatic imine (C=N–C) groups is 1. The molecule has 1 saturated heterocycles. The van der Waals surface area contributed by atoms with E-state index in [0.29, 0.717) is 26.5 Å². The molecule has 1 fully saturated rings. The molecule has 4 nitrogen and oxygen atoms in total. The van der Waals surface area contributed by atoms with Gasteiger partial charge in [-0.15, -0.1) is 0 Å². The number of thioether (sulfide) groups is 1. The van der Waals surface area contributed by atoms with E-state index in [2.05, 4.69) is 10.3 Å². The summed E-state index contributed by atoms with van der Waals surface area (Å²) in [6, 6.07) is 13.4. The lowest BCUT2D eigenvalue weighted by Gasteiger charge is -1.99. The third-order valence-corrected chi connectivity index (χ3v) is 5.05. The summed E-state index contributed by atoms with van der Waals surface area (Å²) in [5, 5.41) is 3.52. The lowest BCUT2D eigenvalue weighted by molar-refractivity contribution is -0.115. The Labute approximate surface area is 167 Å². The largest absolute Gasteiger partial charge is 0.457 e. The summed E-state index contributed by atoms with van der Waals surface area (Å²) < 4.78 is 32.5. The Balaban J connectivity index is 1.57. The molecule has 1 N–H and O–H groups in total. The molecule has 0 aliphatic carbocycles. The van der Waals surface area contributed by atoms with Crippen LogP contribution < -0.4 is 5.32 Å². The number of nitrogens with zero attached hydrogens (tertiary/aromatic N) is 1. The Morgan fingerprint density at radius 3 is 2.71 bits per heavy atom. The fourth-order valence-electron chi connectivity index (χ4n) is 2.53. The molecule has 0 bridgehead atoms. The molecule has 0 spiro atoms. The predicted molar refractivity (Wildman–Crippen MR) is 106 cm³/mol. The number of rotatable bonds is 3. The molecule has 1 aliphatic heterocycles. The number of halogens is 3. The SMILES string of the molecule is O=C1NC(=Nc2ccccc2Cl)S/C1=C\c1ccc(-c2ccc(F)cc2F)o1. The fraction of sp³-hybridized carbons (Fsp3) is 0. The van der Waals surface area contributed by atoms with Crippen molar-refractivity contribution in [2.24, 2.45) is 4.99 Å². The molecule has 3 aromatic rings. The first kappa shape index (κ1) is 18.5. The van der Waals surface area contributed by atoms with Gasteiger partial charge >= 0.3 is 0 Å². The maximum atomic E-state index is 13.9. The van der Waals surface area contributed by atoms with Crippen LogP contribution >= 0.6 is 23.4 Å². The second-order valence-corrected chi connectivity index (χ2v) is 7.20. The number of hydrogen-bond donors (Lipinski definition) is 1. The topological polar surface area (TPSA) is 54.6 Å². The van der Waals surface area contributed by atoms with Gasteiger partial charge in [-0.05, 0) is 48.2 Å². The smallest absolute Gasteiger partial charge is 0.264 e. The van der Waals surface area contributed by atoms with Crippen molar-refractivity contribution in [3.8, 4) is 11.3 Å². The first-order chi connectivity index (χ1) is 13.5. The van der Waals surface area contributed by atoms with Crippen LogP contribution in [0.3, 0.4) is 0 Å². The summed E-state index contributed by atoms with van der Waals surface area (Å²) >= 11 is 7.21. The number of hydrogen-bond acceptors (Lipinski definition) is 4. The van der Waals surface area contributed by atoms with Crippen molar-refractivity contribution in [3.63, 3.8) is 0 Å². The van der Waals surface area contributed by atoms with E-state index in [1.165, 1.54) is 12.1 Å². The van der Waals surface area contributed by atoms with Crippen molar-refractivity contribution in [1.29, 1.82) is 0 Å². The van der Waals surface area contributed by atoms with Gasteiger partial charge in [-0.2, -0.15) is 0 Å². The van der Waals surface area contributed by atoms with E-state index in [1.807, 2.05) is 0 Å². The Morgan fingerprint density at radius 1 is 1.11 bits per heavy atom. The summed E-state index contributed by atoms with van der Waals surface area (Å²) in [4.78, 5) is 16.9. The predicted octanol–water partition coefficient (Wildman–Crippen LogP) is 5.77. The summed E-state index contributed by atoms with van der Waals surface area (Å²) in [5.74, 6) is -1.13. The number of para-hydroxylation sites is 1. The second-order valence-electron chi connectivity index (χ2n) is 5.76. The highest BCUT2D eigenvalue weighted by molar-refractivity contribution is 8.18. The van der Waals surface area contributed by atoms with Gasteiger partial charge in [-0.25, -0.2) is 13.8 Å². The Morgan fingerprint density at radius 2 is 1.93 bits per heavy atom. The van der Waals surface area contributed by atoms with Crippen LogP contribution in [0.5, 0.6) is 0 Å². The zero-order valence-corrected chi connectivity index (χ0v) is 15.7. The number of nitrogens with one attached hydrogen (secondary N) is 1. The Hall–Kier alpha value is -2.90. The summed E-state index contributed by atoms with van der Waals surface area (Å²) in [7, 11) is 0. The van der Waals surface area contributed by atoms with Crippen molar-refractivity contribution in [3.05, 3.63) is 81.9 Å². The lowest BCUT2D eigenvalue weighted by Crippen LogP contribution is -2.19. The van der Waals surface area contributed by atoms with E-state index in [-0.39, 0.29) is 17.2 Å². The molecule has 2 aromatic carbocycles. The minimum atomic E-state index is -0.726. The molecular formula is C20H11ClF2N2O2S. The molecule has 0 saturated carbocycles. The number of carbonyl (C=O) groups is 1. The van der Waals surface area contributed by atoms with Crippen molar-refractivity contribution in [1.82, 2.24) is 5.32 Å². The van der Waals surface area contributed by atoms with Gasteiger partial charge in [0.05, 0.1) is 21.2 Å². The number of benzene rings is 2. The highest BCUT2D eigenvalue weighted by Gasteiger charge is 2.24. The molecule has 0 unspecified atom stereocenters. The van der Waals surface area contributed by atoms with Crippen molar-refractivity contribution in [2.75, 3.05) is 0 Å². The minimum absolute atomic E-state index is 0.135. The van der Waals surface area contributed by atoms with E-state index >= 15 is 0 Å². The minimum Gasteiger partial charge on any atom is -0.457 e. The average Bonchev–Trinajstić information content (AvgIpc) is 3.24. The van der Waals surface area contributed by atoms with E-state index in [4.69, 9.17) is 16.0 Å². The maximum absolute atomic E-state index is 13.9. The van der Waals surface area contributed by atoms with E-state index in [9.17, 15) is 13.6 Å². The van der Waals surface area contributed by atoms with E-state index in [1.54, 1.807) is 36.4 Å². The second kappa shape index (κ2) is 7.61. The number of carbonyl (C=O) groups excluding carboxylic acids is 1. The van der Waals surface area contributed by atoms with Gasteiger partial charge in [0.15, 0.2) is 5.17 Å². The van der Waals surface area contributed by atoms with Gasteiger partial charge in [0, 0.05) is 12.1 Å². The molecule has 0 radical (unpaired) electrons. The third kappa shape index (κ3) is 3.85. The molecule has 2 heterocycles. The van der Waals surface area contributed by atoms with Crippen LogP contribution in [0.4, 0.5) is 14.5 Å². The van der Waals surface area contributed by atoms with Crippen LogP contribution in [0.2, 0.25) is 5.02 Å². The summed E-state index contributed by atoms with van der Waals surface area (Å²) in [6.07, 6.45) is 1.53.